The summed E-state index contributed by atoms with van der Waals surface area (Å²) in [5.41, 5.74) is 2.53. The molecule has 1 aliphatic rings. The third-order valence-electron chi connectivity index (χ3n) is 4.06. The molecular weight excluding hydrogens is 353 g/mol. The first-order valence-corrected chi connectivity index (χ1v) is 7.97. The van der Waals surface area contributed by atoms with Crippen LogP contribution < -0.4 is 0 Å². The van der Waals surface area contributed by atoms with E-state index >= 15 is 0 Å². The van der Waals surface area contributed by atoms with Crippen LogP contribution in [0.15, 0.2) is 24.3 Å². The number of carbonyl (C=O) groups is 1. The van der Waals surface area contributed by atoms with Crippen LogP contribution in [-0.2, 0) is 24.4 Å². The maximum absolute atomic E-state index is 11.5. The highest BCUT2D eigenvalue weighted by atomic mass is 35.5. The molecule has 5 nitrogen and oxygen atoms in total. The van der Waals surface area contributed by atoms with Crippen molar-refractivity contribution >= 4 is 29.2 Å². The highest BCUT2D eigenvalue weighted by Gasteiger charge is 2.26. The predicted molar refractivity (Wildman–Crippen MR) is 90.5 cm³/mol. The lowest BCUT2D eigenvalue weighted by Gasteiger charge is -2.15. The van der Waals surface area contributed by atoms with E-state index in [0.29, 0.717) is 24.7 Å². The van der Waals surface area contributed by atoms with Gasteiger partial charge in [0, 0.05) is 30.2 Å². The molecule has 0 aliphatic carbocycles. The van der Waals surface area contributed by atoms with Crippen LogP contribution in [0.5, 0.6) is 11.5 Å². The molecule has 0 amide bonds. The average Bonchev–Trinajstić information content (AvgIpc) is 2.97. The van der Waals surface area contributed by atoms with Crippen molar-refractivity contribution in [3.8, 4) is 11.5 Å². The molecule has 1 heterocycles. The lowest BCUT2D eigenvalue weighted by molar-refractivity contribution is 0.0597. The molecule has 2 aromatic carbocycles. The number of carbonyl (C=O) groups excluding carboxylic acids is 1. The van der Waals surface area contributed by atoms with E-state index in [1.807, 2.05) is 0 Å². The van der Waals surface area contributed by atoms with Gasteiger partial charge in [-0.1, -0.05) is 29.3 Å². The topological polar surface area (TPSA) is 70.0 Å². The lowest BCUT2D eigenvalue weighted by atomic mass is 10.1. The standard InChI is InChI=1S/C17H15Cl2NO4/c1-24-17(23)10-3-2-9(4-15(10)21)6-20-7-11-12(8-20)16(22)14(19)5-13(11)18/h2-5,21-22H,6-8H2,1H3. The first-order chi connectivity index (χ1) is 11.4. The second-order valence-electron chi connectivity index (χ2n) is 5.63. The van der Waals surface area contributed by atoms with Crippen molar-refractivity contribution in [2.45, 2.75) is 19.6 Å². The molecule has 7 heteroatoms. The zero-order valence-electron chi connectivity index (χ0n) is 12.8. The summed E-state index contributed by atoms with van der Waals surface area (Å²) in [6.45, 7) is 1.59. The summed E-state index contributed by atoms with van der Waals surface area (Å²) >= 11 is 12.2. The summed E-state index contributed by atoms with van der Waals surface area (Å²) in [4.78, 5) is 13.6. The minimum Gasteiger partial charge on any atom is -0.507 e. The van der Waals surface area contributed by atoms with Crippen molar-refractivity contribution in [3.63, 3.8) is 0 Å². The molecule has 0 aromatic heterocycles. The van der Waals surface area contributed by atoms with Gasteiger partial charge in [-0.25, -0.2) is 4.79 Å². The van der Waals surface area contributed by atoms with Crippen molar-refractivity contribution in [2.75, 3.05) is 7.11 Å². The number of hydrogen-bond donors (Lipinski definition) is 2. The molecule has 0 saturated carbocycles. The number of hydrogen-bond acceptors (Lipinski definition) is 5. The molecule has 3 rings (SSSR count). The number of methoxy groups -OCH3 is 1. The van der Waals surface area contributed by atoms with Crippen LogP contribution in [0.4, 0.5) is 0 Å². The molecule has 2 N–H and O–H groups in total. The average molecular weight is 368 g/mol. The van der Waals surface area contributed by atoms with Gasteiger partial charge in [-0.15, -0.1) is 0 Å². The van der Waals surface area contributed by atoms with Gasteiger partial charge in [-0.05, 0) is 29.3 Å². The summed E-state index contributed by atoms with van der Waals surface area (Å²) in [5, 5.41) is 20.8. The summed E-state index contributed by atoms with van der Waals surface area (Å²) < 4.78 is 4.61. The van der Waals surface area contributed by atoms with Crippen molar-refractivity contribution < 1.29 is 19.7 Å². The SMILES string of the molecule is COC(=O)c1ccc(CN2Cc3c(Cl)cc(Cl)c(O)c3C2)cc1O. The first-order valence-electron chi connectivity index (χ1n) is 7.22. The van der Waals surface area contributed by atoms with Gasteiger partial charge in [0.25, 0.3) is 0 Å². The molecule has 0 atom stereocenters. The van der Waals surface area contributed by atoms with Crippen LogP contribution in [0.1, 0.15) is 27.0 Å². The quantitative estimate of drug-likeness (QED) is 0.809. The Morgan fingerprint density at radius 3 is 2.54 bits per heavy atom. The highest BCUT2D eigenvalue weighted by molar-refractivity contribution is 6.36. The monoisotopic (exact) mass is 367 g/mol. The number of rotatable bonds is 3. The van der Waals surface area contributed by atoms with Crippen LogP contribution in [0.25, 0.3) is 0 Å². The smallest absolute Gasteiger partial charge is 0.341 e. The van der Waals surface area contributed by atoms with Crippen LogP contribution in [-0.4, -0.2) is 28.2 Å². The Labute approximate surface area is 149 Å². The van der Waals surface area contributed by atoms with E-state index < -0.39 is 5.97 Å². The molecular formula is C17H15Cl2NO4. The summed E-state index contributed by atoms with van der Waals surface area (Å²) in [5.74, 6) is -0.651. The van der Waals surface area contributed by atoms with E-state index in [0.717, 1.165) is 16.7 Å². The van der Waals surface area contributed by atoms with E-state index in [1.54, 1.807) is 6.07 Å². The Balaban J connectivity index is 1.79. The number of fused-ring (bicyclic) bond motifs is 1. The molecule has 0 fully saturated rings. The molecule has 0 radical (unpaired) electrons. The Morgan fingerprint density at radius 1 is 1.17 bits per heavy atom. The number of halogens is 2. The van der Waals surface area contributed by atoms with E-state index in [1.165, 1.54) is 25.3 Å². The summed E-state index contributed by atoms with van der Waals surface area (Å²) in [6, 6.07) is 6.35. The van der Waals surface area contributed by atoms with Gasteiger partial charge in [0.1, 0.15) is 17.1 Å². The van der Waals surface area contributed by atoms with Crippen molar-refractivity contribution in [1.82, 2.24) is 4.90 Å². The third-order valence-corrected chi connectivity index (χ3v) is 4.68. The number of nitrogens with zero attached hydrogens (tertiary/aromatic N) is 1. The van der Waals surface area contributed by atoms with E-state index in [9.17, 15) is 15.0 Å². The number of phenols is 2. The molecule has 24 heavy (non-hydrogen) atoms. The van der Waals surface area contributed by atoms with Gasteiger partial charge in [-0.3, -0.25) is 4.90 Å². The maximum Gasteiger partial charge on any atom is 0.341 e. The molecule has 126 valence electrons. The fraction of sp³-hybridized carbons (Fsp3) is 0.235. The number of aromatic hydroxyl groups is 2. The molecule has 1 aliphatic heterocycles. The maximum atomic E-state index is 11.5. The van der Waals surface area contributed by atoms with E-state index in [2.05, 4.69) is 9.64 Å². The van der Waals surface area contributed by atoms with E-state index in [4.69, 9.17) is 23.2 Å². The van der Waals surface area contributed by atoms with Gasteiger partial charge < -0.3 is 14.9 Å². The Hall–Kier alpha value is -1.95. The Kier molecular flexibility index (Phi) is 4.58. The second kappa shape index (κ2) is 6.51. The first kappa shape index (κ1) is 16.9. The number of phenolic OH excluding ortho intramolecular Hbond substituents is 2. The zero-order valence-corrected chi connectivity index (χ0v) is 14.4. The number of esters is 1. The van der Waals surface area contributed by atoms with Crippen LogP contribution in [0.3, 0.4) is 0 Å². The predicted octanol–water partition coefficient (Wildman–Crippen LogP) is 3.71. The van der Waals surface area contributed by atoms with Crippen LogP contribution in [0, 0.1) is 0 Å². The van der Waals surface area contributed by atoms with Gasteiger partial charge in [0.15, 0.2) is 0 Å². The number of benzene rings is 2. The fourth-order valence-corrected chi connectivity index (χ4v) is 3.43. The zero-order chi connectivity index (χ0) is 17.4. The molecule has 0 bridgehead atoms. The molecule has 0 unspecified atom stereocenters. The van der Waals surface area contributed by atoms with Gasteiger partial charge in [0.2, 0.25) is 0 Å². The minimum absolute atomic E-state index is 0.0578. The van der Waals surface area contributed by atoms with Crippen LogP contribution in [0.2, 0.25) is 10.0 Å². The molecule has 2 aromatic rings. The largest absolute Gasteiger partial charge is 0.507 e. The Bertz CT molecular complexity index is 823. The third kappa shape index (κ3) is 3.02. The highest BCUT2D eigenvalue weighted by Crippen LogP contribution is 2.40. The summed E-state index contributed by atoms with van der Waals surface area (Å²) in [6.07, 6.45) is 0. The Morgan fingerprint density at radius 2 is 1.88 bits per heavy atom. The normalized spacial score (nSPS) is 13.8. The van der Waals surface area contributed by atoms with Gasteiger partial charge >= 0.3 is 5.97 Å². The fourth-order valence-electron chi connectivity index (χ4n) is 2.87. The van der Waals surface area contributed by atoms with Gasteiger partial charge in [0.05, 0.1) is 12.1 Å². The second-order valence-corrected chi connectivity index (χ2v) is 6.45. The van der Waals surface area contributed by atoms with Crippen molar-refractivity contribution in [1.29, 1.82) is 0 Å². The van der Waals surface area contributed by atoms with Crippen molar-refractivity contribution in [2.24, 2.45) is 0 Å². The lowest BCUT2D eigenvalue weighted by Crippen LogP contribution is -2.15. The van der Waals surface area contributed by atoms with Crippen LogP contribution >= 0.6 is 23.2 Å². The van der Waals surface area contributed by atoms with E-state index in [-0.39, 0.29) is 22.1 Å². The number of ether oxygens (including phenoxy) is 1. The van der Waals surface area contributed by atoms with Gasteiger partial charge in [-0.2, -0.15) is 0 Å². The summed E-state index contributed by atoms with van der Waals surface area (Å²) in [7, 11) is 1.26. The molecule has 0 spiro atoms. The molecule has 0 saturated heterocycles. The van der Waals surface area contributed by atoms with Crippen molar-refractivity contribution in [3.05, 3.63) is 56.6 Å². The minimum atomic E-state index is -0.584.